The Morgan fingerprint density at radius 1 is 1.00 bits per heavy atom. The standard InChI is InChI=1S/C24H23N3/c1-18-10-11-19-6-2-4-8-22(19)21(18)13-12-20-7-3-5-9-23(20)24-26-15-17-27(24)16-14-25/h2-11H,12-13,15-17H2,1H3. The Morgan fingerprint density at radius 2 is 1.81 bits per heavy atom. The lowest BCUT2D eigenvalue weighted by molar-refractivity contribution is 0.512. The van der Waals surface area contributed by atoms with Gasteiger partial charge >= 0.3 is 0 Å². The molecule has 0 unspecified atom stereocenters. The first-order chi connectivity index (χ1) is 13.3. The number of rotatable bonds is 5. The Morgan fingerprint density at radius 3 is 2.70 bits per heavy atom. The van der Waals surface area contributed by atoms with Crippen molar-refractivity contribution in [2.75, 3.05) is 19.6 Å². The second-order valence-corrected chi connectivity index (χ2v) is 7.02. The maximum atomic E-state index is 9.10. The smallest absolute Gasteiger partial charge is 0.132 e. The molecule has 0 aliphatic carbocycles. The quantitative estimate of drug-likeness (QED) is 0.633. The number of nitrogens with zero attached hydrogens (tertiary/aromatic N) is 3. The fourth-order valence-corrected chi connectivity index (χ4v) is 3.97. The van der Waals surface area contributed by atoms with Gasteiger partial charge in [0.25, 0.3) is 0 Å². The summed E-state index contributed by atoms with van der Waals surface area (Å²) >= 11 is 0. The monoisotopic (exact) mass is 353 g/mol. The van der Waals surface area contributed by atoms with E-state index in [-0.39, 0.29) is 0 Å². The van der Waals surface area contributed by atoms with Gasteiger partial charge in [0.1, 0.15) is 12.4 Å². The lowest BCUT2D eigenvalue weighted by Crippen LogP contribution is -2.29. The van der Waals surface area contributed by atoms with Gasteiger partial charge in [-0.25, -0.2) is 0 Å². The molecule has 3 heteroatoms. The summed E-state index contributed by atoms with van der Waals surface area (Å²) in [6, 6.07) is 23.8. The molecule has 3 aromatic carbocycles. The number of benzene rings is 3. The number of fused-ring (bicyclic) bond motifs is 1. The van der Waals surface area contributed by atoms with Gasteiger partial charge in [-0.3, -0.25) is 4.99 Å². The fraction of sp³-hybridized carbons (Fsp3) is 0.250. The Kier molecular flexibility index (Phi) is 4.89. The SMILES string of the molecule is Cc1ccc2ccccc2c1CCc1ccccc1C1=NCCN1CC#N. The summed E-state index contributed by atoms with van der Waals surface area (Å²) in [5.41, 5.74) is 5.23. The molecule has 4 rings (SSSR count). The fourth-order valence-electron chi connectivity index (χ4n) is 3.97. The molecule has 0 atom stereocenters. The molecule has 0 saturated heterocycles. The third-order valence-corrected chi connectivity index (χ3v) is 5.37. The van der Waals surface area contributed by atoms with Gasteiger partial charge in [-0.15, -0.1) is 0 Å². The second-order valence-electron chi connectivity index (χ2n) is 7.02. The maximum Gasteiger partial charge on any atom is 0.132 e. The molecule has 0 aromatic heterocycles. The van der Waals surface area contributed by atoms with E-state index in [1.165, 1.54) is 33.0 Å². The lowest BCUT2D eigenvalue weighted by Gasteiger charge is -2.19. The number of hydrogen-bond donors (Lipinski definition) is 0. The molecule has 0 saturated carbocycles. The number of amidine groups is 1. The highest BCUT2D eigenvalue weighted by molar-refractivity contribution is 6.01. The molecule has 3 nitrogen and oxygen atoms in total. The van der Waals surface area contributed by atoms with Crippen molar-refractivity contribution in [3.8, 4) is 6.07 Å². The minimum atomic E-state index is 0.398. The summed E-state index contributed by atoms with van der Waals surface area (Å²) in [5.74, 6) is 0.974. The van der Waals surface area contributed by atoms with Crippen LogP contribution in [0.15, 0.2) is 65.7 Å². The molecule has 27 heavy (non-hydrogen) atoms. The summed E-state index contributed by atoms with van der Waals surface area (Å²) in [6.07, 6.45) is 1.96. The van der Waals surface area contributed by atoms with Crippen LogP contribution in [-0.2, 0) is 12.8 Å². The molecular weight excluding hydrogens is 330 g/mol. The normalized spacial score (nSPS) is 13.6. The summed E-state index contributed by atoms with van der Waals surface area (Å²) in [4.78, 5) is 6.77. The second kappa shape index (κ2) is 7.63. The van der Waals surface area contributed by atoms with Crippen LogP contribution in [0.2, 0.25) is 0 Å². The number of nitriles is 1. The molecule has 0 amide bonds. The third kappa shape index (κ3) is 3.44. The van der Waals surface area contributed by atoms with Crippen LogP contribution in [-0.4, -0.2) is 30.4 Å². The molecule has 0 radical (unpaired) electrons. The molecule has 1 heterocycles. The lowest BCUT2D eigenvalue weighted by atomic mass is 9.93. The highest BCUT2D eigenvalue weighted by Gasteiger charge is 2.20. The van der Waals surface area contributed by atoms with Crippen LogP contribution >= 0.6 is 0 Å². The predicted octanol–water partition coefficient (Wildman–Crippen LogP) is 4.52. The molecule has 0 bridgehead atoms. The van der Waals surface area contributed by atoms with Crippen LogP contribution in [0.25, 0.3) is 10.8 Å². The molecule has 0 N–H and O–H groups in total. The van der Waals surface area contributed by atoms with Crippen LogP contribution < -0.4 is 0 Å². The maximum absolute atomic E-state index is 9.10. The van der Waals surface area contributed by atoms with Crippen LogP contribution in [0.4, 0.5) is 0 Å². The first kappa shape index (κ1) is 17.3. The van der Waals surface area contributed by atoms with E-state index in [1.54, 1.807) is 0 Å². The Bertz CT molecular complexity index is 1040. The molecular formula is C24H23N3. The average Bonchev–Trinajstić information content (AvgIpc) is 3.16. The van der Waals surface area contributed by atoms with Crippen molar-refractivity contribution in [2.24, 2.45) is 4.99 Å². The molecule has 0 spiro atoms. The molecule has 134 valence electrons. The Labute approximate surface area is 160 Å². The zero-order valence-corrected chi connectivity index (χ0v) is 15.7. The van der Waals surface area contributed by atoms with Crippen molar-refractivity contribution in [1.82, 2.24) is 4.90 Å². The van der Waals surface area contributed by atoms with E-state index in [9.17, 15) is 0 Å². The highest BCUT2D eigenvalue weighted by Crippen LogP contribution is 2.25. The van der Waals surface area contributed by atoms with Crippen LogP contribution in [0.3, 0.4) is 0 Å². The van der Waals surface area contributed by atoms with Gasteiger partial charge in [0.05, 0.1) is 12.6 Å². The Hall–Kier alpha value is -3.12. The van der Waals surface area contributed by atoms with Crippen molar-refractivity contribution in [3.63, 3.8) is 0 Å². The average molecular weight is 353 g/mol. The first-order valence-electron chi connectivity index (χ1n) is 9.50. The minimum absolute atomic E-state index is 0.398. The largest absolute Gasteiger partial charge is 0.341 e. The third-order valence-electron chi connectivity index (χ3n) is 5.37. The van der Waals surface area contributed by atoms with E-state index in [0.717, 1.165) is 31.8 Å². The van der Waals surface area contributed by atoms with E-state index in [4.69, 9.17) is 5.26 Å². The van der Waals surface area contributed by atoms with Crippen LogP contribution in [0.1, 0.15) is 22.3 Å². The summed E-state index contributed by atoms with van der Waals surface area (Å²) < 4.78 is 0. The van der Waals surface area contributed by atoms with Gasteiger partial charge in [-0.2, -0.15) is 5.26 Å². The zero-order chi connectivity index (χ0) is 18.6. The Balaban J connectivity index is 1.64. The van der Waals surface area contributed by atoms with E-state index in [0.29, 0.717) is 6.54 Å². The number of aryl methyl sites for hydroxylation is 3. The van der Waals surface area contributed by atoms with Crippen molar-refractivity contribution < 1.29 is 0 Å². The van der Waals surface area contributed by atoms with Gasteiger partial charge in [0, 0.05) is 12.1 Å². The number of aliphatic imine (C=N–C) groups is 1. The summed E-state index contributed by atoms with van der Waals surface area (Å²) in [5, 5.41) is 11.7. The minimum Gasteiger partial charge on any atom is -0.341 e. The number of hydrogen-bond acceptors (Lipinski definition) is 3. The van der Waals surface area contributed by atoms with Crippen molar-refractivity contribution in [1.29, 1.82) is 5.26 Å². The summed E-state index contributed by atoms with van der Waals surface area (Å²) in [7, 11) is 0. The highest BCUT2D eigenvalue weighted by atomic mass is 15.2. The van der Waals surface area contributed by atoms with Crippen LogP contribution in [0, 0.1) is 18.3 Å². The van der Waals surface area contributed by atoms with Crippen LogP contribution in [0.5, 0.6) is 0 Å². The zero-order valence-electron chi connectivity index (χ0n) is 15.7. The molecule has 3 aromatic rings. The first-order valence-corrected chi connectivity index (χ1v) is 9.50. The van der Waals surface area contributed by atoms with E-state index in [1.807, 2.05) is 0 Å². The molecule has 1 aliphatic rings. The summed E-state index contributed by atoms with van der Waals surface area (Å²) in [6.45, 7) is 4.20. The van der Waals surface area contributed by atoms with E-state index in [2.05, 4.69) is 83.5 Å². The van der Waals surface area contributed by atoms with Gasteiger partial charge in [0.2, 0.25) is 0 Å². The predicted molar refractivity (Wildman–Crippen MR) is 111 cm³/mol. The topological polar surface area (TPSA) is 39.4 Å². The van der Waals surface area contributed by atoms with Gasteiger partial charge in [-0.1, -0.05) is 60.7 Å². The van der Waals surface area contributed by atoms with Crippen molar-refractivity contribution in [3.05, 3.63) is 82.9 Å². The van der Waals surface area contributed by atoms with Gasteiger partial charge in [0.15, 0.2) is 0 Å². The van der Waals surface area contributed by atoms with Gasteiger partial charge < -0.3 is 4.90 Å². The van der Waals surface area contributed by atoms with E-state index >= 15 is 0 Å². The van der Waals surface area contributed by atoms with Gasteiger partial charge in [-0.05, 0) is 47.2 Å². The van der Waals surface area contributed by atoms with Crippen molar-refractivity contribution in [2.45, 2.75) is 19.8 Å². The molecule has 0 fully saturated rings. The van der Waals surface area contributed by atoms with Crippen molar-refractivity contribution >= 4 is 16.6 Å². The molecule has 1 aliphatic heterocycles. The van der Waals surface area contributed by atoms with E-state index < -0.39 is 0 Å².